The van der Waals surface area contributed by atoms with Gasteiger partial charge in [0.1, 0.15) is 0 Å². The molecule has 1 aromatic heterocycles. The number of hydrogen-bond acceptors (Lipinski definition) is 1. The fraction of sp³-hybridized carbons (Fsp3) is 0.706. The second kappa shape index (κ2) is 6.34. The maximum Gasteiger partial charge on any atom is 0.182 e. The van der Waals surface area contributed by atoms with Crippen molar-refractivity contribution in [2.45, 2.75) is 71.2 Å². The molecule has 20 heavy (non-hydrogen) atoms. The van der Waals surface area contributed by atoms with Crippen molar-refractivity contribution in [2.75, 3.05) is 0 Å². The summed E-state index contributed by atoms with van der Waals surface area (Å²) in [5.74, 6) is 0.784. The molecule has 1 fully saturated rings. The predicted octanol–water partition coefficient (Wildman–Crippen LogP) is 5.06. The van der Waals surface area contributed by atoms with E-state index in [0.29, 0.717) is 6.04 Å². The molecule has 0 spiro atoms. The van der Waals surface area contributed by atoms with Crippen LogP contribution >= 0.6 is 11.6 Å². The minimum absolute atomic E-state index is 0.0434. The predicted molar refractivity (Wildman–Crippen MR) is 84.8 cm³/mol. The van der Waals surface area contributed by atoms with Gasteiger partial charge in [0.25, 0.3) is 0 Å². The molecular formula is C17H26ClNO. The molecule has 0 N–H and O–H groups in total. The maximum absolute atomic E-state index is 12.2. The summed E-state index contributed by atoms with van der Waals surface area (Å²) in [7, 11) is 0. The average Bonchev–Trinajstić information content (AvgIpc) is 2.73. The van der Waals surface area contributed by atoms with Crippen molar-refractivity contribution < 1.29 is 4.79 Å². The highest BCUT2D eigenvalue weighted by Crippen LogP contribution is 2.35. The molecule has 2 rings (SSSR count). The van der Waals surface area contributed by atoms with Gasteiger partial charge in [-0.1, -0.05) is 19.3 Å². The van der Waals surface area contributed by atoms with Gasteiger partial charge in [-0.2, -0.15) is 0 Å². The van der Waals surface area contributed by atoms with Gasteiger partial charge in [0.15, 0.2) is 5.78 Å². The molecule has 1 heterocycles. The molecule has 2 atom stereocenters. The van der Waals surface area contributed by atoms with Gasteiger partial charge < -0.3 is 4.57 Å². The van der Waals surface area contributed by atoms with E-state index >= 15 is 0 Å². The Labute approximate surface area is 127 Å². The first-order valence-corrected chi connectivity index (χ1v) is 8.23. The van der Waals surface area contributed by atoms with Crippen molar-refractivity contribution in [3.63, 3.8) is 0 Å². The standard InChI is InChI=1S/C17H26ClNO/c1-11-10-16(17(20)12(2)18)14(4)19(11)13(3)15-8-6-5-7-9-15/h10,12-13,15H,5-9H2,1-4H3. The molecule has 1 saturated carbocycles. The molecular weight excluding hydrogens is 270 g/mol. The molecule has 0 saturated heterocycles. The maximum atomic E-state index is 12.2. The molecule has 2 nitrogen and oxygen atoms in total. The quantitative estimate of drug-likeness (QED) is 0.562. The smallest absolute Gasteiger partial charge is 0.182 e. The Balaban J connectivity index is 2.29. The summed E-state index contributed by atoms with van der Waals surface area (Å²) in [6, 6.07) is 2.48. The summed E-state index contributed by atoms with van der Waals surface area (Å²) < 4.78 is 2.35. The minimum Gasteiger partial charge on any atom is -0.345 e. The summed E-state index contributed by atoms with van der Waals surface area (Å²) in [6.07, 6.45) is 6.69. The zero-order valence-corrected chi connectivity index (χ0v) is 13.8. The van der Waals surface area contributed by atoms with E-state index in [0.717, 1.165) is 17.2 Å². The molecule has 112 valence electrons. The van der Waals surface area contributed by atoms with Gasteiger partial charge >= 0.3 is 0 Å². The van der Waals surface area contributed by atoms with Crippen molar-refractivity contribution in [3.8, 4) is 0 Å². The number of ketones is 1. The molecule has 0 aromatic carbocycles. The van der Waals surface area contributed by atoms with Gasteiger partial charge in [-0.3, -0.25) is 4.79 Å². The van der Waals surface area contributed by atoms with Crippen molar-refractivity contribution in [2.24, 2.45) is 5.92 Å². The first-order valence-electron chi connectivity index (χ1n) is 7.80. The summed E-state index contributed by atoms with van der Waals surface area (Å²) in [4.78, 5) is 12.2. The number of aryl methyl sites for hydroxylation is 1. The van der Waals surface area contributed by atoms with Crippen LogP contribution in [0.15, 0.2) is 6.07 Å². The SMILES string of the molecule is Cc1cc(C(=O)C(C)Cl)c(C)n1C(C)C1CCCCC1. The van der Waals surface area contributed by atoms with E-state index in [1.807, 2.05) is 6.07 Å². The fourth-order valence-electron chi connectivity index (χ4n) is 3.69. The average molecular weight is 296 g/mol. The van der Waals surface area contributed by atoms with E-state index in [2.05, 4.69) is 25.3 Å². The molecule has 1 aromatic rings. The number of hydrogen-bond donors (Lipinski definition) is 0. The highest BCUT2D eigenvalue weighted by Gasteiger charge is 2.26. The lowest BCUT2D eigenvalue weighted by atomic mass is 9.84. The van der Waals surface area contributed by atoms with Crippen LogP contribution in [0.3, 0.4) is 0 Å². The summed E-state index contributed by atoms with van der Waals surface area (Å²) in [5.41, 5.74) is 3.06. The Bertz CT molecular complexity index is 483. The van der Waals surface area contributed by atoms with Crippen LogP contribution in [0, 0.1) is 19.8 Å². The molecule has 2 unspecified atom stereocenters. The van der Waals surface area contributed by atoms with Gasteiger partial charge in [-0.25, -0.2) is 0 Å². The molecule has 0 aliphatic heterocycles. The monoisotopic (exact) mass is 295 g/mol. The van der Waals surface area contributed by atoms with Gasteiger partial charge in [0.05, 0.1) is 5.38 Å². The van der Waals surface area contributed by atoms with E-state index in [1.54, 1.807) is 6.92 Å². The van der Waals surface area contributed by atoms with E-state index < -0.39 is 5.38 Å². The van der Waals surface area contributed by atoms with Crippen LogP contribution in [-0.4, -0.2) is 15.7 Å². The first kappa shape index (κ1) is 15.6. The number of aromatic nitrogens is 1. The summed E-state index contributed by atoms with van der Waals surface area (Å²) in [5, 5.41) is -0.450. The number of Topliss-reactive ketones (excluding diaryl/α,β-unsaturated/α-hetero) is 1. The number of carbonyl (C=O) groups excluding carboxylic acids is 1. The van der Waals surface area contributed by atoms with Crippen molar-refractivity contribution in [3.05, 3.63) is 23.0 Å². The lowest BCUT2D eigenvalue weighted by molar-refractivity contribution is 0.0991. The minimum atomic E-state index is -0.450. The van der Waals surface area contributed by atoms with Crippen LogP contribution in [0.25, 0.3) is 0 Å². The highest BCUT2D eigenvalue weighted by atomic mass is 35.5. The Morgan fingerprint density at radius 1 is 1.25 bits per heavy atom. The number of alkyl halides is 1. The van der Waals surface area contributed by atoms with Crippen LogP contribution in [-0.2, 0) is 0 Å². The molecule has 3 heteroatoms. The van der Waals surface area contributed by atoms with Gasteiger partial charge in [0.2, 0.25) is 0 Å². The fourth-order valence-corrected chi connectivity index (χ4v) is 3.81. The zero-order valence-electron chi connectivity index (χ0n) is 13.1. The van der Waals surface area contributed by atoms with Crippen molar-refractivity contribution in [1.29, 1.82) is 0 Å². The number of rotatable bonds is 4. The molecule has 0 bridgehead atoms. The molecule has 0 amide bonds. The van der Waals surface area contributed by atoms with Crippen molar-refractivity contribution >= 4 is 17.4 Å². The van der Waals surface area contributed by atoms with Gasteiger partial charge in [-0.15, -0.1) is 11.6 Å². The van der Waals surface area contributed by atoms with E-state index in [9.17, 15) is 4.79 Å². The molecule has 0 radical (unpaired) electrons. The van der Waals surface area contributed by atoms with Crippen LogP contribution in [0.4, 0.5) is 0 Å². The van der Waals surface area contributed by atoms with Crippen LogP contribution in [0.5, 0.6) is 0 Å². The normalized spacial score (nSPS) is 19.9. The number of nitrogens with zero attached hydrogens (tertiary/aromatic N) is 1. The molecule has 1 aliphatic rings. The van der Waals surface area contributed by atoms with Gasteiger partial charge in [0, 0.05) is 23.0 Å². The third-order valence-corrected chi connectivity index (χ3v) is 5.05. The second-order valence-corrected chi connectivity index (χ2v) is 6.93. The highest BCUT2D eigenvalue weighted by molar-refractivity contribution is 6.33. The third kappa shape index (κ3) is 2.95. The third-order valence-electron chi connectivity index (χ3n) is 4.85. The summed E-state index contributed by atoms with van der Waals surface area (Å²) >= 11 is 5.97. The van der Waals surface area contributed by atoms with Crippen LogP contribution < -0.4 is 0 Å². The molecule has 1 aliphatic carbocycles. The summed E-state index contributed by atoms with van der Waals surface area (Å²) in [6.45, 7) is 8.20. The number of carbonyl (C=O) groups is 1. The Kier molecular flexibility index (Phi) is 4.95. The van der Waals surface area contributed by atoms with Crippen molar-refractivity contribution in [1.82, 2.24) is 4.57 Å². The lowest BCUT2D eigenvalue weighted by Gasteiger charge is -2.30. The Hall–Kier alpha value is -0.760. The van der Waals surface area contributed by atoms with Gasteiger partial charge in [-0.05, 0) is 52.5 Å². The number of halogens is 1. The largest absolute Gasteiger partial charge is 0.345 e. The lowest BCUT2D eigenvalue weighted by Crippen LogP contribution is -2.21. The topological polar surface area (TPSA) is 22.0 Å². The zero-order chi connectivity index (χ0) is 14.9. The Morgan fingerprint density at radius 2 is 1.85 bits per heavy atom. The first-order chi connectivity index (χ1) is 9.43. The van der Waals surface area contributed by atoms with E-state index in [-0.39, 0.29) is 5.78 Å². The second-order valence-electron chi connectivity index (χ2n) is 6.27. The van der Waals surface area contributed by atoms with E-state index in [1.165, 1.54) is 37.8 Å². The Morgan fingerprint density at radius 3 is 2.40 bits per heavy atom. The van der Waals surface area contributed by atoms with Crippen LogP contribution in [0.2, 0.25) is 0 Å². The van der Waals surface area contributed by atoms with Crippen LogP contribution in [0.1, 0.15) is 73.7 Å². The van der Waals surface area contributed by atoms with E-state index in [4.69, 9.17) is 11.6 Å².